The van der Waals surface area contributed by atoms with E-state index in [1.54, 1.807) is 36.2 Å². The summed E-state index contributed by atoms with van der Waals surface area (Å²) in [4.78, 5) is 34.3. The van der Waals surface area contributed by atoms with Gasteiger partial charge < -0.3 is 20.1 Å². The number of benzene rings is 3. The summed E-state index contributed by atoms with van der Waals surface area (Å²) in [5.74, 6) is -1.43. The molecule has 6 nitrogen and oxygen atoms in total. The van der Waals surface area contributed by atoms with Crippen molar-refractivity contribution in [2.45, 2.75) is 18.8 Å². The topological polar surface area (TPSA) is 68.4 Å². The van der Waals surface area contributed by atoms with Gasteiger partial charge in [-0.15, -0.1) is 0 Å². The van der Waals surface area contributed by atoms with E-state index in [-0.39, 0.29) is 40.8 Å². The molecule has 226 valence electrons. The molecule has 0 unspecified atom stereocenters. The molecule has 12 heteroatoms. The van der Waals surface area contributed by atoms with Crippen molar-refractivity contribution in [3.05, 3.63) is 99.7 Å². The molecule has 0 saturated carbocycles. The minimum atomic E-state index is -5.13. The third-order valence-electron chi connectivity index (χ3n) is 7.53. The lowest BCUT2D eigenvalue weighted by molar-refractivity contribution is -0.143. The monoisotopic (exact) mass is 602 g/mol. The van der Waals surface area contributed by atoms with Crippen molar-refractivity contribution in [3.63, 3.8) is 0 Å². The van der Waals surface area contributed by atoms with Crippen LogP contribution in [-0.4, -0.2) is 61.8 Å². The Bertz CT molecular complexity index is 1650. The van der Waals surface area contributed by atoms with Crippen molar-refractivity contribution in [1.29, 1.82) is 0 Å². The van der Waals surface area contributed by atoms with Crippen molar-refractivity contribution in [2.24, 2.45) is 0 Å². The van der Waals surface area contributed by atoms with Crippen LogP contribution in [0.4, 0.5) is 32.0 Å². The molecule has 1 saturated heterocycles. The summed E-state index contributed by atoms with van der Waals surface area (Å²) in [5.41, 5.74) is -1.98. The Labute approximate surface area is 243 Å². The molecule has 0 spiro atoms. The number of carbonyl (C=O) groups excluding carboxylic acids is 2. The van der Waals surface area contributed by atoms with E-state index in [0.717, 1.165) is 10.9 Å². The van der Waals surface area contributed by atoms with E-state index in [1.807, 2.05) is 24.3 Å². The molecule has 1 amide bonds. The van der Waals surface area contributed by atoms with E-state index in [1.165, 1.54) is 6.07 Å². The van der Waals surface area contributed by atoms with E-state index < -0.39 is 34.8 Å². The van der Waals surface area contributed by atoms with Crippen LogP contribution in [0.1, 0.15) is 48.5 Å². The maximum absolute atomic E-state index is 14.2. The number of amides is 1. The summed E-state index contributed by atoms with van der Waals surface area (Å²) in [6.07, 6.45) is -8.53. The first-order valence-electron chi connectivity index (χ1n) is 13.5. The molecule has 4 aromatic rings. The fourth-order valence-corrected chi connectivity index (χ4v) is 5.38. The number of alkyl halides is 6. The van der Waals surface area contributed by atoms with Crippen LogP contribution in [0.2, 0.25) is 0 Å². The Morgan fingerprint density at radius 3 is 2.12 bits per heavy atom. The fraction of sp³-hybridized carbons (Fsp3) is 0.290. The SMILES string of the molecule is CN(C)c1ccc(C(=O)N2CCNCC2)c(Cc2c[nH]c3ccccc23)c1C(=O)c1cc(C(F)(F)F)cc(C(F)(F)F)c1. The molecule has 0 atom stereocenters. The number of anilines is 1. The number of nitrogens with zero attached hydrogens (tertiary/aromatic N) is 2. The second-order valence-electron chi connectivity index (χ2n) is 10.6. The van der Waals surface area contributed by atoms with Crippen LogP contribution in [0.25, 0.3) is 10.9 Å². The Morgan fingerprint density at radius 2 is 1.51 bits per heavy atom. The summed E-state index contributed by atoms with van der Waals surface area (Å²) in [6.45, 7) is 1.89. The summed E-state index contributed by atoms with van der Waals surface area (Å²) in [5, 5.41) is 3.96. The average molecular weight is 603 g/mol. The van der Waals surface area contributed by atoms with Crippen molar-refractivity contribution in [2.75, 3.05) is 45.2 Å². The van der Waals surface area contributed by atoms with Crippen LogP contribution in [0.15, 0.2) is 60.8 Å². The van der Waals surface area contributed by atoms with Crippen LogP contribution in [0.3, 0.4) is 0 Å². The second-order valence-corrected chi connectivity index (χ2v) is 10.6. The third kappa shape index (κ3) is 6.10. The highest BCUT2D eigenvalue weighted by molar-refractivity contribution is 6.15. The van der Waals surface area contributed by atoms with Gasteiger partial charge in [-0.05, 0) is 47.5 Å². The van der Waals surface area contributed by atoms with Gasteiger partial charge >= 0.3 is 12.4 Å². The number of nitrogens with one attached hydrogen (secondary N) is 2. The number of aromatic nitrogens is 1. The van der Waals surface area contributed by atoms with Gasteiger partial charge in [0.15, 0.2) is 5.78 Å². The highest BCUT2D eigenvalue weighted by Gasteiger charge is 2.38. The number of para-hydroxylation sites is 1. The Kier molecular flexibility index (Phi) is 7.99. The summed E-state index contributed by atoms with van der Waals surface area (Å²) >= 11 is 0. The molecule has 5 rings (SSSR count). The predicted molar refractivity (Wildman–Crippen MR) is 151 cm³/mol. The molecule has 1 aliphatic heterocycles. The Morgan fingerprint density at radius 1 is 0.884 bits per heavy atom. The zero-order chi connectivity index (χ0) is 31.1. The molecule has 0 bridgehead atoms. The van der Waals surface area contributed by atoms with Crippen molar-refractivity contribution < 1.29 is 35.9 Å². The van der Waals surface area contributed by atoms with Gasteiger partial charge in [-0.25, -0.2) is 0 Å². The van der Waals surface area contributed by atoms with Crippen LogP contribution in [0.5, 0.6) is 0 Å². The number of rotatable bonds is 6. The largest absolute Gasteiger partial charge is 0.416 e. The fourth-order valence-electron chi connectivity index (χ4n) is 5.38. The van der Waals surface area contributed by atoms with E-state index in [0.29, 0.717) is 43.9 Å². The number of fused-ring (bicyclic) bond motifs is 1. The quantitative estimate of drug-likeness (QED) is 0.206. The first-order chi connectivity index (χ1) is 20.3. The first-order valence-corrected chi connectivity index (χ1v) is 13.5. The molecule has 2 heterocycles. The van der Waals surface area contributed by atoms with Gasteiger partial charge in [0.05, 0.1) is 16.7 Å². The lowest BCUT2D eigenvalue weighted by Crippen LogP contribution is -2.46. The average Bonchev–Trinajstić information content (AvgIpc) is 3.38. The first kappa shape index (κ1) is 30.1. The van der Waals surface area contributed by atoms with Crippen LogP contribution < -0.4 is 10.2 Å². The summed E-state index contributed by atoms with van der Waals surface area (Å²) in [6, 6.07) is 11.2. The molecule has 1 aliphatic rings. The van der Waals surface area contributed by atoms with Gasteiger partial charge in [0.25, 0.3) is 5.91 Å². The smallest absolute Gasteiger partial charge is 0.377 e. The minimum absolute atomic E-state index is 0.0131. The highest BCUT2D eigenvalue weighted by atomic mass is 19.4. The van der Waals surface area contributed by atoms with E-state index in [4.69, 9.17) is 0 Å². The zero-order valence-corrected chi connectivity index (χ0v) is 23.3. The Balaban J connectivity index is 1.76. The van der Waals surface area contributed by atoms with Crippen LogP contribution >= 0.6 is 0 Å². The number of hydrogen-bond donors (Lipinski definition) is 2. The molecular weight excluding hydrogens is 574 g/mol. The number of halogens is 6. The summed E-state index contributed by atoms with van der Waals surface area (Å²) < 4.78 is 82.3. The molecule has 2 N–H and O–H groups in total. The molecule has 1 aromatic heterocycles. The molecule has 0 aliphatic carbocycles. The van der Waals surface area contributed by atoms with Crippen molar-refractivity contribution >= 4 is 28.3 Å². The maximum atomic E-state index is 14.2. The number of carbonyl (C=O) groups is 2. The maximum Gasteiger partial charge on any atom is 0.416 e. The molecule has 1 fully saturated rings. The normalized spacial score (nSPS) is 14.3. The number of hydrogen-bond acceptors (Lipinski definition) is 4. The van der Waals surface area contributed by atoms with E-state index in [9.17, 15) is 35.9 Å². The van der Waals surface area contributed by atoms with Crippen molar-refractivity contribution in [3.8, 4) is 0 Å². The number of piperazine rings is 1. The predicted octanol–water partition coefficient (Wildman–Crippen LogP) is 6.14. The van der Waals surface area contributed by atoms with Gasteiger partial charge in [0, 0.05) is 80.6 Å². The van der Waals surface area contributed by atoms with Crippen LogP contribution in [0, 0.1) is 0 Å². The van der Waals surface area contributed by atoms with E-state index in [2.05, 4.69) is 10.3 Å². The van der Waals surface area contributed by atoms with Gasteiger partial charge in [-0.3, -0.25) is 9.59 Å². The minimum Gasteiger partial charge on any atom is -0.377 e. The lowest BCUT2D eigenvalue weighted by Gasteiger charge is -2.29. The number of aromatic amines is 1. The third-order valence-corrected chi connectivity index (χ3v) is 7.53. The van der Waals surface area contributed by atoms with Gasteiger partial charge in [0.2, 0.25) is 0 Å². The summed E-state index contributed by atoms with van der Waals surface area (Å²) in [7, 11) is 3.21. The van der Waals surface area contributed by atoms with E-state index >= 15 is 0 Å². The molecule has 0 radical (unpaired) electrons. The molecule has 3 aromatic carbocycles. The van der Waals surface area contributed by atoms with Gasteiger partial charge in [-0.2, -0.15) is 26.3 Å². The zero-order valence-electron chi connectivity index (χ0n) is 23.3. The van der Waals surface area contributed by atoms with Gasteiger partial charge in [0.1, 0.15) is 0 Å². The van der Waals surface area contributed by atoms with Crippen molar-refractivity contribution in [1.82, 2.24) is 15.2 Å². The molecule has 43 heavy (non-hydrogen) atoms. The van der Waals surface area contributed by atoms with Crippen LogP contribution in [-0.2, 0) is 18.8 Å². The second kappa shape index (κ2) is 11.4. The molecular formula is C31H28F6N4O2. The highest BCUT2D eigenvalue weighted by Crippen LogP contribution is 2.38. The Hall–Kier alpha value is -4.32. The number of H-pyrrole nitrogens is 1. The standard InChI is InChI=1S/C31H28F6N4O2/c1-40(2)26-8-7-23(29(43)41-11-9-38-10-12-41)24(15-19-17-39-25-6-4-3-5-22(19)25)27(26)28(42)18-13-20(30(32,33)34)16-21(14-18)31(35,36)37/h3-8,13-14,16-17,38-39H,9-12,15H2,1-2H3. The van der Waals surface area contributed by atoms with Gasteiger partial charge in [-0.1, -0.05) is 18.2 Å². The lowest BCUT2D eigenvalue weighted by atomic mass is 9.87. The number of ketones is 1.